The highest BCUT2D eigenvalue weighted by Crippen LogP contribution is 2.41. The maximum Gasteiger partial charge on any atom is 0.325 e. The van der Waals surface area contributed by atoms with Crippen LogP contribution >= 0.6 is 0 Å². The number of benzene rings is 2. The van der Waals surface area contributed by atoms with Crippen molar-refractivity contribution in [2.45, 2.75) is 36.8 Å². The summed E-state index contributed by atoms with van der Waals surface area (Å²) in [6.07, 6.45) is 2.19. The van der Waals surface area contributed by atoms with Crippen LogP contribution in [0.4, 0.5) is 9.18 Å². The Hall–Kier alpha value is -2.97. The average molecular weight is 454 g/mol. The normalized spacial score (nSPS) is 24.5. The van der Waals surface area contributed by atoms with Crippen molar-refractivity contribution in [1.29, 1.82) is 0 Å². The molecule has 3 amide bonds. The largest absolute Gasteiger partial charge is 0.493 e. The van der Waals surface area contributed by atoms with Gasteiger partial charge in [0.1, 0.15) is 11.6 Å². The Morgan fingerprint density at radius 3 is 2.55 bits per heavy atom. The highest BCUT2D eigenvalue weighted by atomic mass is 19.1. The third-order valence-corrected chi connectivity index (χ3v) is 7.16. The van der Waals surface area contributed by atoms with E-state index in [4.69, 9.17) is 4.74 Å². The molecule has 1 unspecified atom stereocenters. The molecule has 0 radical (unpaired) electrons. The number of halogens is 1. The second-order valence-corrected chi connectivity index (χ2v) is 9.12. The van der Waals surface area contributed by atoms with Gasteiger partial charge in [-0.25, -0.2) is 9.18 Å². The van der Waals surface area contributed by atoms with Gasteiger partial charge in [0.15, 0.2) is 5.54 Å². The van der Waals surface area contributed by atoms with Crippen LogP contribution in [0.1, 0.15) is 36.8 Å². The Kier molecular flexibility index (Phi) is 5.58. The molecule has 1 spiro atoms. The van der Waals surface area contributed by atoms with Crippen LogP contribution < -0.4 is 10.1 Å². The molecule has 3 aliphatic heterocycles. The molecule has 0 aromatic heterocycles. The molecule has 0 saturated carbocycles. The summed E-state index contributed by atoms with van der Waals surface area (Å²) in [5, 5.41) is 13.8. The molecule has 3 aliphatic rings. The van der Waals surface area contributed by atoms with Crippen LogP contribution in [-0.4, -0.2) is 59.6 Å². The summed E-state index contributed by atoms with van der Waals surface area (Å²) in [5.74, 6) is -0.392. The first-order valence-electron chi connectivity index (χ1n) is 11.5. The fourth-order valence-corrected chi connectivity index (χ4v) is 5.23. The Morgan fingerprint density at radius 1 is 1.03 bits per heavy atom. The molecule has 2 N–H and O–H groups in total. The molecule has 174 valence electrons. The number of nitrogens with one attached hydrogen (secondary N) is 1. The average Bonchev–Trinajstić information content (AvgIpc) is 3.06. The second-order valence-electron chi connectivity index (χ2n) is 9.12. The van der Waals surface area contributed by atoms with E-state index in [0.717, 1.165) is 25.2 Å². The number of imide groups is 1. The van der Waals surface area contributed by atoms with Gasteiger partial charge in [0.05, 0.1) is 12.2 Å². The zero-order valence-corrected chi connectivity index (χ0v) is 18.4. The van der Waals surface area contributed by atoms with E-state index < -0.39 is 23.0 Å². The number of ether oxygens (including phenoxy) is 1. The third kappa shape index (κ3) is 3.87. The van der Waals surface area contributed by atoms with E-state index in [1.54, 1.807) is 0 Å². The minimum absolute atomic E-state index is 0.273. The summed E-state index contributed by atoms with van der Waals surface area (Å²) in [5.41, 5.74) is -0.738. The lowest BCUT2D eigenvalue weighted by atomic mass is 9.84. The van der Waals surface area contributed by atoms with Gasteiger partial charge in [-0.1, -0.05) is 30.3 Å². The summed E-state index contributed by atoms with van der Waals surface area (Å²) in [6, 6.07) is 13.4. The predicted molar refractivity (Wildman–Crippen MR) is 119 cm³/mol. The maximum absolute atomic E-state index is 13.9. The van der Waals surface area contributed by atoms with Crippen LogP contribution in [0.3, 0.4) is 0 Å². The van der Waals surface area contributed by atoms with Crippen molar-refractivity contribution < 1.29 is 23.8 Å². The van der Waals surface area contributed by atoms with Gasteiger partial charge < -0.3 is 20.1 Å². The molecular weight excluding hydrogens is 425 g/mol. The Labute approximate surface area is 192 Å². The van der Waals surface area contributed by atoms with Gasteiger partial charge in [0.2, 0.25) is 0 Å². The van der Waals surface area contributed by atoms with E-state index in [-0.39, 0.29) is 25.5 Å². The molecule has 2 saturated heterocycles. The Balaban J connectivity index is 1.19. The number of rotatable bonds is 5. The van der Waals surface area contributed by atoms with E-state index in [0.29, 0.717) is 30.6 Å². The van der Waals surface area contributed by atoms with Gasteiger partial charge in [-0.2, -0.15) is 0 Å². The SMILES string of the molecule is O=C1NC2(CCOc3ccc(F)cc32)C(=O)N1CCCN1CCC(O)(c2ccccc2)CC1. The summed E-state index contributed by atoms with van der Waals surface area (Å²) in [4.78, 5) is 29.5. The van der Waals surface area contributed by atoms with Crippen molar-refractivity contribution in [3.8, 4) is 5.75 Å². The molecule has 8 heteroatoms. The van der Waals surface area contributed by atoms with E-state index in [2.05, 4.69) is 10.2 Å². The number of likely N-dealkylation sites (tertiary alicyclic amines) is 1. The maximum atomic E-state index is 13.9. The van der Waals surface area contributed by atoms with Gasteiger partial charge >= 0.3 is 6.03 Å². The van der Waals surface area contributed by atoms with Crippen LogP contribution in [0.25, 0.3) is 0 Å². The number of hydrogen-bond acceptors (Lipinski definition) is 5. The molecule has 2 aromatic carbocycles. The molecule has 0 bridgehead atoms. The third-order valence-electron chi connectivity index (χ3n) is 7.16. The highest BCUT2D eigenvalue weighted by molar-refractivity contribution is 6.07. The quantitative estimate of drug-likeness (QED) is 0.681. The predicted octanol–water partition coefficient (Wildman–Crippen LogP) is 2.73. The lowest BCUT2D eigenvalue weighted by Gasteiger charge is -2.38. The molecule has 3 heterocycles. The van der Waals surface area contributed by atoms with Crippen LogP contribution in [0.2, 0.25) is 0 Å². The van der Waals surface area contributed by atoms with Crippen molar-refractivity contribution in [1.82, 2.24) is 15.1 Å². The van der Waals surface area contributed by atoms with Crippen LogP contribution in [0.5, 0.6) is 5.75 Å². The standard InChI is InChI=1S/C25H28FN3O4/c26-19-7-8-21-20(17-19)25(11-16-33-21)22(30)29(23(31)27-25)13-4-12-28-14-9-24(32,10-15-28)18-5-2-1-3-6-18/h1-3,5-8,17,32H,4,9-16H2,(H,27,31). The van der Waals surface area contributed by atoms with Crippen molar-refractivity contribution >= 4 is 11.9 Å². The molecule has 2 aromatic rings. The van der Waals surface area contributed by atoms with E-state index >= 15 is 0 Å². The number of urea groups is 1. The van der Waals surface area contributed by atoms with E-state index in [1.165, 1.54) is 23.1 Å². The summed E-state index contributed by atoms with van der Waals surface area (Å²) < 4.78 is 19.5. The fourth-order valence-electron chi connectivity index (χ4n) is 5.23. The van der Waals surface area contributed by atoms with Crippen molar-refractivity contribution in [2.24, 2.45) is 0 Å². The van der Waals surface area contributed by atoms with Crippen LogP contribution in [-0.2, 0) is 15.9 Å². The lowest BCUT2D eigenvalue weighted by Crippen LogP contribution is -2.47. The minimum atomic E-state index is -1.26. The molecular formula is C25H28FN3O4. The van der Waals surface area contributed by atoms with Crippen LogP contribution in [0, 0.1) is 5.82 Å². The molecule has 7 nitrogen and oxygen atoms in total. The van der Waals surface area contributed by atoms with Crippen molar-refractivity contribution in [3.63, 3.8) is 0 Å². The molecule has 0 aliphatic carbocycles. The first-order valence-corrected chi connectivity index (χ1v) is 11.5. The topological polar surface area (TPSA) is 82.1 Å². The number of fused-ring (bicyclic) bond motifs is 2. The number of hydrogen-bond donors (Lipinski definition) is 2. The smallest absolute Gasteiger partial charge is 0.325 e. The Morgan fingerprint density at radius 2 is 1.79 bits per heavy atom. The molecule has 2 fully saturated rings. The molecule has 33 heavy (non-hydrogen) atoms. The van der Waals surface area contributed by atoms with Gasteiger partial charge in [0.25, 0.3) is 5.91 Å². The van der Waals surface area contributed by atoms with Crippen LogP contribution in [0.15, 0.2) is 48.5 Å². The van der Waals surface area contributed by atoms with Crippen molar-refractivity contribution in [3.05, 3.63) is 65.5 Å². The summed E-state index contributed by atoms with van der Waals surface area (Å²) >= 11 is 0. The molecule has 1 atom stereocenters. The van der Waals surface area contributed by atoms with Gasteiger partial charge in [0, 0.05) is 31.6 Å². The lowest BCUT2D eigenvalue weighted by molar-refractivity contribution is -0.132. The fraction of sp³-hybridized carbons (Fsp3) is 0.440. The van der Waals surface area contributed by atoms with E-state index in [1.807, 2.05) is 30.3 Å². The number of amides is 3. The van der Waals surface area contributed by atoms with Gasteiger partial charge in [-0.05, 0) is 49.6 Å². The zero-order chi connectivity index (χ0) is 23.1. The zero-order valence-electron chi connectivity index (χ0n) is 18.4. The monoisotopic (exact) mass is 453 g/mol. The Bertz CT molecular complexity index is 1050. The second kappa shape index (κ2) is 8.43. The van der Waals surface area contributed by atoms with Gasteiger partial charge in [-0.15, -0.1) is 0 Å². The summed E-state index contributed by atoms with van der Waals surface area (Å²) in [7, 11) is 0. The van der Waals surface area contributed by atoms with Gasteiger partial charge in [-0.3, -0.25) is 9.69 Å². The minimum Gasteiger partial charge on any atom is -0.493 e. The summed E-state index contributed by atoms with van der Waals surface area (Å²) in [6.45, 7) is 2.79. The number of carbonyl (C=O) groups excluding carboxylic acids is 2. The number of aliphatic hydroxyl groups is 1. The van der Waals surface area contributed by atoms with Crippen molar-refractivity contribution in [2.75, 3.05) is 32.8 Å². The number of nitrogens with zero attached hydrogens (tertiary/aromatic N) is 2. The first-order chi connectivity index (χ1) is 15.9. The number of piperidine rings is 1. The molecule has 5 rings (SSSR count). The van der Waals surface area contributed by atoms with E-state index in [9.17, 15) is 19.1 Å². The number of carbonyl (C=O) groups is 2. The highest BCUT2D eigenvalue weighted by Gasteiger charge is 2.54. The first kappa shape index (κ1) is 21.9.